The van der Waals surface area contributed by atoms with Gasteiger partial charge in [0.1, 0.15) is 4.21 Å². The van der Waals surface area contributed by atoms with E-state index in [1.807, 2.05) is 0 Å². The summed E-state index contributed by atoms with van der Waals surface area (Å²) in [5.74, 6) is -6.95. The fourth-order valence-corrected chi connectivity index (χ4v) is 5.29. The van der Waals surface area contributed by atoms with E-state index in [0.717, 1.165) is 11.3 Å². The molecule has 0 aliphatic heterocycles. The van der Waals surface area contributed by atoms with Crippen molar-refractivity contribution >= 4 is 54.0 Å². The van der Waals surface area contributed by atoms with Gasteiger partial charge in [-0.3, -0.25) is 4.79 Å². The molecule has 2 aromatic heterocycles. The highest BCUT2D eigenvalue weighted by molar-refractivity contribution is 9.11. The van der Waals surface area contributed by atoms with Gasteiger partial charge < -0.3 is 10.1 Å². The number of H-pyrrole nitrogens is 1. The number of halogens is 1. The molecule has 5 nitrogen and oxygen atoms in total. The number of sulfone groups is 1. The van der Waals surface area contributed by atoms with Crippen LogP contribution in [0.1, 0.15) is 16.5 Å². The zero-order valence-corrected chi connectivity index (χ0v) is 14.9. The lowest BCUT2D eigenvalue weighted by Gasteiger charge is -2.11. The number of aliphatic carboxylic acids is 1. The number of carboxylic acids is 1. The topological polar surface area (TPSA) is 87.2 Å². The quantitative estimate of drug-likeness (QED) is 0.617. The van der Waals surface area contributed by atoms with Gasteiger partial charge in [0.25, 0.3) is 0 Å². The van der Waals surface area contributed by atoms with Crippen molar-refractivity contribution in [1.82, 2.24) is 4.98 Å². The number of rotatable bonds is 6. The Hall–Kier alpha value is -1.64. The van der Waals surface area contributed by atoms with E-state index >= 15 is 0 Å². The minimum absolute atomic E-state index is 0.287. The molecule has 0 fully saturated rings. The molecule has 8 heteroatoms. The van der Waals surface area contributed by atoms with E-state index in [1.165, 1.54) is 12.1 Å². The van der Waals surface area contributed by atoms with Crippen LogP contribution in [0.4, 0.5) is 0 Å². The van der Waals surface area contributed by atoms with E-state index in [1.54, 1.807) is 0 Å². The largest absolute Gasteiger partial charge is 0.481 e. The van der Waals surface area contributed by atoms with E-state index in [9.17, 15) is 18.3 Å². The van der Waals surface area contributed by atoms with Crippen LogP contribution in [-0.2, 0) is 21.0 Å². The van der Waals surface area contributed by atoms with Gasteiger partial charge in [-0.2, -0.15) is 0 Å². The third-order valence-corrected chi connectivity index (χ3v) is 6.82. The van der Waals surface area contributed by atoms with Crippen LogP contribution >= 0.6 is 27.3 Å². The summed E-state index contributed by atoms with van der Waals surface area (Å²) < 4.78 is 90.8. The standard InChI is InChI=1S/C16H14BrNO4S2/c17-14-5-6-15(23-14)24(21,22)9-11(16(19)20)7-10-8-18-13-4-2-1-3-12(10)13/h1-6,8,11,18H,7,9H2,(H,19,20)/t11-/m1/s1/i1D,2D,3D,4D,7D2,8D,11D. The molecule has 3 aromatic rings. The van der Waals surface area contributed by atoms with E-state index in [-0.39, 0.29) is 9.73 Å². The van der Waals surface area contributed by atoms with Crippen LogP contribution < -0.4 is 0 Å². The molecule has 24 heavy (non-hydrogen) atoms. The Bertz CT molecular complexity index is 1370. The molecule has 3 rings (SSSR count). The lowest BCUT2D eigenvalue weighted by Crippen LogP contribution is -2.25. The molecule has 1 aromatic carbocycles. The Balaban J connectivity index is 2.29. The van der Waals surface area contributed by atoms with Crippen molar-refractivity contribution in [2.45, 2.75) is 10.6 Å². The van der Waals surface area contributed by atoms with Crippen LogP contribution in [-0.4, -0.2) is 30.2 Å². The van der Waals surface area contributed by atoms with E-state index in [0.29, 0.717) is 3.79 Å². The monoisotopic (exact) mass is 435 g/mol. The van der Waals surface area contributed by atoms with Crippen LogP contribution in [0.25, 0.3) is 10.9 Å². The Kier molecular flexibility index (Phi) is 2.72. The second-order valence-corrected chi connectivity index (χ2v) is 9.28. The lowest BCUT2D eigenvalue weighted by molar-refractivity contribution is -0.140. The molecule has 0 unspecified atom stereocenters. The summed E-state index contributed by atoms with van der Waals surface area (Å²) in [5, 5.41) is 9.23. The van der Waals surface area contributed by atoms with Gasteiger partial charge in [-0.25, -0.2) is 8.42 Å². The first-order valence-electron chi connectivity index (χ1n) is 10.4. The summed E-state index contributed by atoms with van der Waals surface area (Å²) in [6.45, 7) is 0. The summed E-state index contributed by atoms with van der Waals surface area (Å²) >= 11 is 3.84. The molecule has 0 radical (unpaired) electrons. The summed E-state index contributed by atoms with van der Waals surface area (Å²) in [6, 6.07) is -0.181. The minimum Gasteiger partial charge on any atom is -0.481 e. The second kappa shape index (κ2) is 6.70. The van der Waals surface area contributed by atoms with Gasteiger partial charge in [0.05, 0.1) is 22.3 Å². The first kappa shape index (κ1) is 9.74. The van der Waals surface area contributed by atoms with Crippen LogP contribution in [0, 0.1) is 5.89 Å². The number of aromatic amines is 1. The molecule has 2 heterocycles. The normalized spacial score (nSPS) is 19.9. The molecule has 0 aliphatic carbocycles. The number of fused-ring (bicyclic) bond motifs is 1. The number of hydrogen-bond acceptors (Lipinski definition) is 4. The van der Waals surface area contributed by atoms with E-state index in [2.05, 4.69) is 20.9 Å². The molecule has 0 saturated carbocycles. The molecule has 0 spiro atoms. The zero-order valence-electron chi connectivity index (χ0n) is 19.7. The maximum atomic E-state index is 12.8. The fourth-order valence-electron chi connectivity index (χ4n) is 1.90. The highest BCUT2D eigenvalue weighted by atomic mass is 79.9. The number of carboxylic acid groups (broad SMARTS) is 1. The number of nitrogens with one attached hydrogen (secondary N) is 1. The predicted molar refractivity (Wildman–Crippen MR) is 97.2 cm³/mol. The minimum atomic E-state index is -4.46. The number of carbonyl (C=O) groups is 1. The second-order valence-electron chi connectivity index (χ2n) is 4.60. The summed E-state index contributed by atoms with van der Waals surface area (Å²) in [5.41, 5.74) is -1.18. The van der Waals surface area contributed by atoms with Crippen LogP contribution in [0.3, 0.4) is 0 Å². The summed E-state index contributed by atoms with van der Waals surface area (Å²) in [4.78, 5) is 14.4. The third kappa shape index (κ3) is 3.55. The molecule has 126 valence electrons. The highest BCUT2D eigenvalue weighted by Crippen LogP contribution is 2.29. The van der Waals surface area contributed by atoms with Gasteiger partial charge in [-0.1, -0.05) is 18.1 Å². The molecule has 0 saturated heterocycles. The number of aromatic nitrogens is 1. The smallest absolute Gasteiger partial charge is 0.307 e. The maximum Gasteiger partial charge on any atom is 0.307 e. The highest BCUT2D eigenvalue weighted by Gasteiger charge is 2.28. The van der Waals surface area contributed by atoms with Crippen molar-refractivity contribution in [3.8, 4) is 0 Å². The molecule has 0 bridgehead atoms. The predicted octanol–water partition coefficient (Wildman–Crippen LogP) is 3.71. The van der Waals surface area contributed by atoms with Crippen molar-refractivity contribution < 1.29 is 29.3 Å². The van der Waals surface area contributed by atoms with Gasteiger partial charge in [0.2, 0.25) is 0 Å². The first-order valence-corrected chi connectivity index (χ1v) is 9.63. The van der Waals surface area contributed by atoms with Crippen molar-refractivity contribution in [2.24, 2.45) is 5.89 Å². The average molecular weight is 436 g/mol. The van der Waals surface area contributed by atoms with Gasteiger partial charge in [0, 0.05) is 21.2 Å². The van der Waals surface area contributed by atoms with Crippen molar-refractivity contribution in [1.29, 1.82) is 0 Å². The molecule has 2 N–H and O–H groups in total. The van der Waals surface area contributed by atoms with Crippen LogP contribution in [0.5, 0.6) is 0 Å². The van der Waals surface area contributed by atoms with E-state index in [4.69, 9.17) is 11.0 Å². The van der Waals surface area contributed by atoms with Crippen molar-refractivity contribution in [3.63, 3.8) is 0 Å². The number of benzene rings is 1. The maximum absolute atomic E-state index is 12.8. The number of hydrogen-bond donors (Lipinski definition) is 2. The fraction of sp³-hybridized carbons (Fsp3) is 0.188. The molecule has 0 amide bonds. The average Bonchev–Trinajstić information content (AvgIpc) is 3.28. The summed E-state index contributed by atoms with van der Waals surface area (Å²) in [6.07, 6.45) is -4.14. The zero-order chi connectivity index (χ0) is 24.4. The number of thiophene rings is 1. The Labute approximate surface area is 162 Å². The van der Waals surface area contributed by atoms with Crippen LogP contribution in [0.15, 0.2) is 50.5 Å². The van der Waals surface area contributed by atoms with Gasteiger partial charge in [0.15, 0.2) is 9.84 Å². The SMILES string of the molecule is [2H]c1[nH]c2c([2H])c([2H])c([2H])c([2H])c2c1C([2H])([2H])[C@]([2H])(CS(=O)(=O)c1ccc(Br)s1)C(=O)O. The first-order chi connectivity index (χ1) is 14.6. The van der Waals surface area contributed by atoms with E-state index < -0.39 is 75.1 Å². The molecule has 0 aliphatic rings. The third-order valence-electron chi connectivity index (χ3n) is 2.97. The Morgan fingerprint density at radius 3 is 2.88 bits per heavy atom. The van der Waals surface area contributed by atoms with Gasteiger partial charge >= 0.3 is 5.97 Å². The molecular formula is C16H14BrNO4S2. The number of para-hydroxylation sites is 1. The van der Waals surface area contributed by atoms with Crippen molar-refractivity contribution in [3.05, 3.63) is 51.8 Å². The van der Waals surface area contributed by atoms with Crippen LogP contribution in [0.2, 0.25) is 0 Å². The van der Waals surface area contributed by atoms with Crippen molar-refractivity contribution in [2.75, 3.05) is 5.75 Å². The Morgan fingerprint density at radius 2 is 2.21 bits per heavy atom. The van der Waals surface area contributed by atoms with Gasteiger partial charge in [-0.15, -0.1) is 11.3 Å². The molecule has 1 atom stereocenters. The molecular weight excluding hydrogens is 414 g/mol. The lowest BCUT2D eigenvalue weighted by atomic mass is 10.0. The summed E-state index contributed by atoms with van der Waals surface area (Å²) in [7, 11) is -4.46. The van der Waals surface area contributed by atoms with Gasteiger partial charge in [-0.05, 0) is 46.0 Å². The Morgan fingerprint density at radius 1 is 1.46 bits per heavy atom.